The first-order valence-electron chi connectivity index (χ1n) is 10.0. The van der Waals surface area contributed by atoms with Crippen LogP contribution in [0.15, 0.2) is 30.6 Å². The van der Waals surface area contributed by atoms with E-state index >= 15 is 0 Å². The monoisotopic (exact) mass is 406 g/mol. The van der Waals surface area contributed by atoms with Crippen LogP contribution in [0, 0.1) is 0 Å². The fourth-order valence-corrected chi connectivity index (χ4v) is 4.04. The Bertz CT molecular complexity index is 1170. The molecule has 0 radical (unpaired) electrons. The first-order chi connectivity index (χ1) is 14.4. The molecule has 0 unspecified atom stereocenters. The number of carbonyl (C=O) groups is 2. The number of H-pyrrole nitrogens is 2. The van der Waals surface area contributed by atoms with Crippen molar-refractivity contribution in [3.63, 3.8) is 0 Å². The minimum atomic E-state index is -0.209. The highest BCUT2D eigenvalue weighted by molar-refractivity contribution is 6.40. The molecule has 156 valence electrons. The minimum absolute atomic E-state index is 0.158. The van der Waals surface area contributed by atoms with Crippen LogP contribution < -0.4 is 5.32 Å². The van der Waals surface area contributed by atoms with Crippen molar-refractivity contribution in [3.8, 4) is 5.75 Å². The van der Waals surface area contributed by atoms with E-state index < -0.39 is 0 Å². The van der Waals surface area contributed by atoms with Crippen LogP contribution in [-0.2, 0) is 12.8 Å². The van der Waals surface area contributed by atoms with Gasteiger partial charge in [0.1, 0.15) is 5.75 Å². The van der Waals surface area contributed by atoms with Gasteiger partial charge in [-0.05, 0) is 69.9 Å². The number of ketones is 2. The van der Waals surface area contributed by atoms with Crippen molar-refractivity contribution in [1.82, 2.24) is 20.2 Å². The lowest BCUT2D eigenvalue weighted by Crippen LogP contribution is -2.19. The molecule has 0 saturated carbocycles. The average Bonchev–Trinajstić information content (AvgIpc) is 3.33. The van der Waals surface area contributed by atoms with Crippen LogP contribution >= 0.6 is 0 Å². The summed E-state index contributed by atoms with van der Waals surface area (Å²) >= 11 is 0. The highest BCUT2D eigenvalue weighted by Crippen LogP contribution is 2.37. The van der Waals surface area contributed by atoms with E-state index in [1.165, 1.54) is 6.08 Å². The summed E-state index contributed by atoms with van der Waals surface area (Å²) in [6.07, 6.45) is 6.42. The third-order valence-electron chi connectivity index (χ3n) is 5.61. The third-order valence-corrected chi connectivity index (χ3v) is 5.61. The summed E-state index contributed by atoms with van der Waals surface area (Å²) in [5, 5.41) is 14.2. The number of nitrogens with zero attached hydrogens (tertiary/aromatic N) is 1. The van der Waals surface area contributed by atoms with Crippen molar-refractivity contribution >= 4 is 28.0 Å². The van der Waals surface area contributed by atoms with Crippen molar-refractivity contribution < 1.29 is 14.7 Å². The molecule has 3 aromatic rings. The molecular weight excluding hydrogens is 380 g/mol. The van der Waals surface area contributed by atoms with E-state index in [1.54, 1.807) is 18.3 Å². The minimum Gasteiger partial charge on any atom is -0.507 e. The van der Waals surface area contributed by atoms with Crippen molar-refractivity contribution in [3.05, 3.63) is 58.6 Å². The molecule has 0 bridgehead atoms. The van der Waals surface area contributed by atoms with Crippen LogP contribution in [-0.4, -0.2) is 65.8 Å². The predicted octanol–water partition coefficient (Wildman–Crippen LogP) is 2.53. The van der Waals surface area contributed by atoms with Crippen LogP contribution in [0.3, 0.4) is 0 Å². The number of hydrogen-bond acceptors (Lipinski definition) is 5. The Kier molecular flexibility index (Phi) is 5.32. The summed E-state index contributed by atoms with van der Waals surface area (Å²) in [5.41, 5.74) is 4.27. The van der Waals surface area contributed by atoms with E-state index in [0.717, 1.165) is 30.6 Å². The molecule has 0 aliphatic heterocycles. The molecule has 0 fully saturated rings. The molecule has 30 heavy (non-hydrogen) atoms. The largest absolute Gasteiger partial charge is 0.507 e. The van der Waals surface area contributed by atoms with Gasteiger partial charge >= 0.3 is 0 Å². The molecule has 0 amide bonds. The van der Waals surface area contributed by atoms with Gasteiger partial charge in [-0.15, -0.1) is 0 Å². The Morgan fingerprint density at radius 2 is 1.83 bits per heavy atom. The number of benzene rings is 1. The van der Waals surface area contributed by atoms with Gasteiger partial charge in [0.05, 0.1) is 16.8 Å². The average molecular weight is 406 g/mol. The van der Waals surface area contributed by atoms with Gasteiger partial charge in [-0.2, -0.15) is 0 Å². The smallest absolute Gasteiger partial charge is 0.203 e. The maximum absolute atomic E-state index is 13.5. The topological polar surface area (TPSA) is 101 Å². The fourth-order valence-electron chi connectivity index (χ4n) is 4.04. The van der Waals surface area contributed by atoms with E-state index in [-0.39, 0.29) is 17.3 Å². The van der Waals surface area contributed by atoms with Crippen LogP contribution in [0.2, 0.25) is 0 Å². The van der Waals surface area contributed by atoms with E-state index in [1.807, 2.05) is 32.2 Å². The second kappa shape index (κ2) is 7.93. The van der Waals surface area contributed by atoms with Crippen LogP contribution in [0.5, 0.6) is 5.75 Å². The maximum Gasteiger partial charge on any atom is 0.203 e. The SMILES string of the molecule is CNCCc1c[nH]c2c(C3=CC(=O)c4[nH]cc(CCN(C)C)c4C3=O)ccc(O)c12. The number of allylic oxidation sites excluding steroid dienone is 2. The number of phenols is 1. The van der Waals surface area contributed by atoms with Crippen molar-refractivity contribution in [1.29, 1.82) is 0 Å². The van der Waals surface area contributed by atoms with Gasteiger partial charge in [-0.25, -0.2) is 0 Å². The van der Waals surface area contributed by atoms with Gasteiger partial charge in [-0.1, -0.05) is 0 Å². The molecule has 2 heterocycles. The summed E-state index contributed by atoms with van der Waals surface area (Å²) in [5.74, 6) is -0.220. The quantitative estimate of drug-likeness (QED) is 0.483. The number of aromatic hydroxyl groups is 1. The molecule has 1 aromatic carbocycles. The number of likely N-dealkylation sites (N-methyl/N-ethyl adjacent to an activating group) is 2. The molecule has 1 aliphatic rings. The Hall–Kier alpha value is -3.16. The molecule has 0 spiro atoms. The lowest BCUT2D eigenvalue weighted by atomic mass is 9.86. The second-order valence-corrected chi connectivity index (χ2v) is 7.92. The number of hydrogen-bond donors (Lipinski definition) is 4. The number of nitrogens with one attached hydrogen (secondary N) is 3. The standard InChI is InChI=1S/C23H26N4O3/c1-24-8-6-13-11-25-21-15(4-5-17(28)19(13)21)16-10-18(29)22-20(23(16)30)14(12-26-22)7-9-27(2)3/h4-5,10-12,24-26,28H,6-9H2,1-3H3. The maximum atomic E-state index is 13.5. The molecule has 4 rings (SSSR count). The molecule has 4 N–H and O–H groups in total. The van der Waals surface area contributed by atoms with E-state index in [4.69, 9.17) is 0 Å². The molecule has 7 heteroatoms. The van der Waals surface area contributed by atoms with Crippen molar-refractivity contribution in [2.45, 2.75) is 12.8 Å². The first-order valence-corrected chi connectivity index (χ1v) is 10.0. The number of rotatable bonds is 7. The number of phenolic OH excluding ortho intramolecular Hbond substituents is 1. The highest BCUT2D eigenvalue weighted by Gasteiger charge is 2.31. The lowest BCUT2D eigenvalue weighted by molar-refractivity contribution is 0.0998. The van der Waals surface area contributed by atoms with Crippen molar-refractivity contribution in [2.24, 2.45) is 0 Å². The Morgan fingerprint density at radius 3 is 2.57 bits per heavy atom. The molecule has 0 saturated heterocycles. The number of fused-ring (bicyclic) bond motifs is 2. The Balaban J connectivity index is 1.79. The Morgan fingerprint density at radius 1 is 1.07 bits per heavy atom. The molecule has 2 aromatic heterocycles. The fraction of sp³-hybridized carbons (Fsp3) is 0.304. The molecular formula is C23H26N4O3. The summed E-state index contributed by atoms with van der Waals surface area (Å²) in [6, 6.07) is 3.29. The zero-order valence-corrected chi connectivity index (χ0v) is 17.4. The van der Waals surface area contributed by atoms with E-state index in [2.05, 4.69) is 15.3 Å². The summed E-state index contributed by atoms with van der Waals surface area (Å²) in [4.78, 5) is 34.5. The van der Waals surface area contributed by atoms with E-state index in [0.29, 0.717) is 39.7 Å². The van der Waals surface area contributed by atoms with Gasteiger partial charge in [-0.3, -0.25) is 9.59 Å². The second-order valence-electron chi connectivity index (χ2n) is 7.92. The van der Waals surface area contributed by atoms with Gasteiger partial charge < -0.3 is 25.3 Å². The number of Topliss-reactive ketones (excluding diaryl/α,β-unsaturated/α-hetero) is 1. The molecule has 7 nitrogen and oxygen atoms in total. The summed E-state index contributed by atoms with van der Waals surface area (Å²) in [6.45, 7) is 1.54. The summed E-state index contributed by atoms with van der Waals surface area (Å²) < 4.78 is 0. The predicted molar refractivity (Wildman–Crippen MR) is 117 cm³/mol. The Labute approximate surface area is 174 Å². The zero-order valence-electron chi connectivity index (χ0n) is 17.4. The number of carbonyl (C=O) groups excluding carboxylic acids is 2. The van der Waals surface area contributed by atoms with Crippen molar-refractivity contribution in [2.75, 3.05) is 34.2 Å². The van der Waals surface area contributed by atoms with E-state index in [9.17, 15) is 14.7 Å². The summed E-state index contributed by atoms with van der Waals surface area (Å²) in [7, 11) is 5.82. The van der Waals surface area contributed by atoms with Gasteiger partial charge in [0.25, 0.3) is 0 Å². The van der Waals surface area contributed by atoms with Crippen LogP contribution in [0.25, 0.3) is 16.5 Å². The normalized spacial score (nSPS) is 13.9. The lowest BCUT2D eigenvalue weighted by Gasteiger charge is -2.16. The van der Waals surface area contributed by atoms with Crippen LogP contribution in [0.4, 0.5) is 0 Å². The zero-order chi connectivity index (χ0) is 21.4. The molecule has 0 atom stereocenters. The van der Waals surface area contributed by atoms with Gasteiger partial charge in [0.2, 0.25) is 5.78 Å². The van der Waals surface area contributed by atoms with Crippen LogP contribution in [0.1, 0.15) is 37.5 Å². The van der Waals surface area contributed by atoms with Gasteiger partial charge in [0.15, 0.2) is 5.78 Å². The third kappa shape index (κ3) is 3.36. The first kappa shape index (κ1) is 20.1. The number of aromatic amines is 2. The molecule has 1 aliphatic carbocycles. The van der Waals surface area contributed by atoms with Gasteiger partial charge in [0, 0.05) is 35.5 Å². The highest BCUT2D eigenvalue weighted by atomic mass is 16.3. The number of aromatic nitrogens is 2.